The quantitative estimate of drug-likeness (QED) is 0.712. The van der Waals surface area contributed by atoms with E-state index in [4.69, 9.17) is 14.7 Å². The molecule has 4 rings (SSSR count). The maximum atomic E-state index is 12.6. The zero-order valence-corrected chi connectivity index (χ0v) is 15.1. The molecule has 3 aromatic rings. The number of rotatable bonds is 4. The molecule has 29 heavy (non-hydrogen) atoms. The Bertz CT molecular complexity index is 1150. The lowest BCUT2D eigenvalue weighted by atomic mass is 10.1. The maximum absolute atomic E-state index is 12.6. The van der Waals surface area contributed by atoms with Crippen LogP contribution in [0.4, 0.5) is 11.4 Å². The Labute approximate surface area is 166 Å². The predicted molar refractivity (Wildman–Crippen MR) is 106 cm³/mol. The van der Waals surface area contributed by atoms with E-state index in [0.717, 1.165) is 0 Å². The number of nitrogens with zero attached hydrogens (tertiary/aromatic N) is 1. The van der Waals surface area contributed by atoms with Crippen LogP contribution in [-0.2, 0) is 0 Å². The Hall–Kier alpha value is -4.31. The molecule has 1 aliphatic heterocycles. The van der Waals surface area contributed by atoms with Crippen LogP contribution in [0, 0.1) is 11.3 Å². The molecule has 0 unspecified atom stereocenters. The molecule has 7 heteroatoms. The maximum Gasteiger partial charge on any atom is 0.255 e. The number of ether oxygens (including phenoxy) is 2. The van der Waals surface area contributed by atoms with Gasteiger partial charge in [0.1, 0.15) is 0 Å². The van der Waals surface area contributed by atoms with Gasteiger partial charge in [-0.3, -0.25) is 9.59 Å². The minimum Gasteiger partial charge on any atom is -0.454 e. The van der Waals surface area contributed by atoms with Gasteiger partial charge in [0.05, 0.1) is 11.6 Å². The fraction of sp³-hybridized carbons (Fsp3) is 0.0455. The van der Waals surface area contributed by atoms with Crippen LogP contribution in [0.15, 0.2) is 66.7 Å². The first-order chi connectivity index (χ1) is 14.1. The Morgan fingerprint density at radius 3 is 2.17 bits per heavy atom. The average molecular weight is 385 g/mol. The van der Waals surface area contributed by atoms with Crippen molar-refractivity contribution in [3.63, 3.8) is 0 Å². The molecular formula is C22H15N3O4. The Morgan fingerprint density at radius 2 is 1.45 bits per heavy atom. The number of hydrogen-bond donors (Lipinski definition) is 2. The highest BCUT2D eigenvalue weighted by atomic mass is 16.7. The summed E-state index contributed by atoms with van der Waals surface area (Å²) in [6, 6.07) is 20.1. The highest BCUT2D eigenvalue weighted by Gasteiger charge is 2.15. The first-order valence-electron chi connectivity index (χ1n) is 8.75. The Balaban J connectivity index is 1.48. The van der Waals surface area contributed by atoms with E-state index < -0.39 is 0 Å². The fourth-order valence-corrected chi connectivity index (χ4v) is 2.85. The van der Waals surface area contributed by atoms with E-state index >= 15 is 0 Å². The number of carbonyl (C=O) groups is 2. The van der Waals surface area contributed by atoms with Crippen molar-refractivity contribution in [3.8, 4) is 17.6 Å². The molecule has 1 heterocycles. The predicted octanol–water partition coefficient (Wildman–Crippen LogP) is 3.79. The normalized spacial score (nSPS) is 11.4. The smallest absolute Gasteiger partial charge is 0.255 e. The molecule has 0 aromatic heterocycles. The van der Waals surface area contributed by atoms with Gasteiger partial charge in [-0.05, 0) is 48.5 Å². The van der Waals surface area contributed by atoms with Gasteiger partial charge in [-0.1, -0.05) is 12.1 Å². The second-order valence-corrected chi connectivity index (χ2v) is 6.25. The second kappa shape index (κ2) is 7.74. The monoisotopic (exact) mass is 385 g/mol. The van der Waals surface area contributed by atoms with Crippen molar-refractivity contribution in [2.45, 2.75) is 0 Å². The number of nitrogens with one attached hydrogen (secondary N) is 2. The van der Waals surface area contributed by atoms with Crippen molar-refractivity contribution >= 4 is 23.2 Å². The van der Waals surface area contributed by atoms with Gasteiger partial charge in [-0.2, -0.15) is 5.26 Å². The van der Waals surface area contributed by atoms with Gasteiger partial charge in [0.15, 0.2) is 11.5 Å². The van der Waals surface area contributed by atoms with Gasteiger partial charge in [0, 0.05) is 28.6 Å². The summed E-state index contributed by atoms with van der Waals surface area (Å²) < 4.78 is 10.6. The number of amides is 2. The van der Waals surface area contributed by atoms with Crippen LogP contribution >= 0.6 is 0 Å². The van der Waals surface area contributed by atoms with E-state index in [1.54, 1.807) is 60.7 Å². The SMILES string of the molecule is N#Cc1cccc(NC(=O)c2cccc(C(=O)Nc3ccc4c(c3)OCO4)c2)c1. The summed E-state index contributed by atoms with van der Waals surface area (Å²) in [5, 5.41) is 14.5. The van der Waals surface area contributed by atoms with E-state index in [0.29, 0.717) is 39.6 Å². The Morgan fingerprint density at radius 1 is 0.793 bits per heavy atom. The summed E-state index contributed by atoms with van der Waals surface area (Å²) in [6.45, 7) is 0.154. The summed E-state index contributed by atoms with van der Waals surface area (Å²) in [7, 11) is 0. The number of fused-ring (bicyclic) bond motifs is 1. The summed E-state index contributed by atoms with van der Waals surface area (Å²) in [4.78, 5) is 25.1. The van der Waals surface area contributed by atoms with Crippen molar-refractivity contribution in [1.82, 2.24) is 0 Å². The summed E-state index contributed by atoms with van der Waals surface area (Å²) >= 11 is 0. The van der Waals surface area contributed by atoms with Gasteiger partial charge >= 0.3 is 0 Å². The molecule has 2 N–H and O–H groups in total. The van der Waals surface area contributed by atoms with Gasteiger partial charge in [0.25, 0.3) is 11.8 Å². The molecule has 0 aliphatic carbocycles. The van der Waals surface area contributed by atoms with E-state index in [9.17, 15) is 9.59 Å². The number of anilines is 2. The van der Waals surface area contributed by atoms with Crippen LogP contribution in [0.1, 0.15) is 26.3 Å². The molecule has 0 atom stereocenters. The largest absolute Gasteiger partial charge is 0.454 e. The third-order valence-corrected chi connectivity index (χ3v) is 4.27. The molecule has 142 valence electrons. The van der Waals surface area contributed by atoms with E-state index in [-0.39, 0.29) is 18.6 Å². The molecule has 0 radical (unpaired) electrons. The van der Waals surface area contributed by atoms with Gasteiger partial charge in [0.2, 0.25) is 6.79 Å². The fourth-order valence-electron chi connectivity index (χ4n) is 2.85. The molecule has 3 aromatic carbocycles. The van der Waals surface area contributed by atoms with E-state index in [1.807, 2.05) is 6.07 Å². The van der Waals surface area contributed by atoms with Crippen LogP contribution in [0.5, 0.6) is 11.5 Å². The minimum atomic E-state index is -0.377. The topological polar surface area (TPSA) is 100 Å². The highest BCUT2D eigenvalue weighted by Crippen LogP contribution is 2.34. The standard InChI is InChI=1S/C22H15N3O4/c23-12-14-3-1-6-17(9-14)24-21(26)15-4-2-5-16(10-15)22(27)25-18-7-8-19-20(11-18)29-13-28-19/h1-11H,13H2,(H,24,26)(H,25,27). The zero-order valence-electron chi connectivity index (χ0n) is 15.1. The molecule has 2 amide bonds. The molecule has 1 aliphatic rings. The third-order valence-electron chi connectivity index (χ3n) is 4.27. The van der Waals surface area contributed by atoms with Crippen molar-refractivity contribution in [2.24, 2.45) is 0 Å². The summed E-state index contributed by atoms with van der Waals surface area (Å²) in [5.74, 6) is 0.459. The van der Waals surface area contributed by atoms with Crippen LogP contribution in [0.2, 0.25) is 0 Å². The third kappa shape index (κ3) is 4.01. The van der Waals surface area contributed by atoms with Crippen LogP contribution in [0.3, 0.4) is 0 Å². The summed E-state index contributed by atoms with van der Waals surface area (Å²) in [5.41, 5.74) is 2.16. The summed E-state index contributed by atoms with van der Waals surface area (Å²) in [6.07, 6.45) is 0. The van der Waals surface area contributed by atoms with Crippen molar-refractivity contribution in [2.75, 3.05) is 17.4 Å². The highest BCUT2D eigenvalue weighted by molar-refractivity contribution is 6.08. The molecule has 0 saturated heterocycles. The first kappa shape index (κ1) is 18.1. The van der Waals surface area contributed by atoms with Crippen LogP contribution in [-0.4, -0.2) is 18.6 Å². The number of carbonyl (C=O) groups excluding carboxylic acids is 2. The van der Waals surface area contributed by atoms with Crippen molar-refractivity contribution < 1.29 is 19.1 Å². The van der Waals surface area contributed by atoms with Gasteiger partial charge in [-0.25, -0.2) is 0 Å². The van der Waals surface area contributed by atoms with Gasteiger partial charge in [-0.15, -0.1) is 0 Å². The van der Waals surface area contributed by atoms with Crippen molar-refractivity contribution in [1.29, 1.82) is 5.26 Å². The van der Waals surface area contributed by atoms with Crippen molar-refractivity contribution in [3.05, 3.63) is 83.4 Å². The first-order valence-corrected chi connectivity index (χ1v) is 8.75. The Kier molecular flexibility index (Phi) is 4.82. The molecule has 0 saturated carbocycles. The lowest BCUT2D eigenvalue weighted by Gasteiger charge is -2.09. The number of nitriles is 1. The lowest BCUT2D eigenvalue weighted by molar-refractivity contribution is 0.102. The molecule has 0 fully saturated rings. The van der Waals surface area contributed by atoms with Crippen LogP contribution in [0.25, 0.3) is 0 Å². The van der Waals surface area contributed by atoms with Crippen LogP contribution < -0.4 is 20.1 Å². The zero-order chi connectivity index (χ0) is 20.2. The van der Waals surface area contributed by atoms with E-state index in [1.165, 1.54) is 6.07 Å². The molecule has 0 spiro atoms. The molecular weight excluding hydrogens is 370 g/mol. The van der Waals surface area contributed by atoms with Gasteiger partial charge < -0.3 is 20.1 Å². The molecule has 0 bridgehead atoms. The lowest BCUT2D eigenvalue weighted by Crippen LogP contribution is -2.15. The second-order valence-electron chi connectivity index (χ2n) is 6.25. The number of hydrogen-bond acceptors (Lipinski definition) is 5. The number of benzene rings is 3. The van der Waals surface area contributed by atoms with E-state index in [2.05, 4.69) is 10.6 Å². The average Bonchev–Trinajstić information content (AvgIpc) is 3.22. The molecule has 7 nitrogen and oxygen atoms in total. The minimum absolute atomic E-state index is 0.154.